The average molecular weight is 704 g/mol. The number of amidine groups is 1. The van der Waals surface area contributed by atoms with Crippen molar-refractivity contribution >= 4 is 40.3 Å². The zero-order chi connectivity index (χ0) is 34.3. The number of carbonyl (C=O) groups excluding carboxylic acids is 2. The van der Waals surface area contributed by atoms with E-state index in [0.717, 1.165) is 31.5 Å². The SMILES string of the molecule is CC(C)C1=C(C(=O)N2[C@H](C)CC[C@@H]2C(=O)N2CCNC3(CC3)C2)SC2=N[C@@](C)(c3ccc(C(F)(F)F)cc3)[C@@H](c3ccc(Cl)c(F)c3)N21. The Morgan fingerprint density at radius 1 is 1.10 bits per heavy atom. The predicted octanol–water partition coefficient (Wildman–Crippen LogP) is 7.08. The summed E-state index contributed by atoms with van der Waals surface area (Å²) in [6.07, 6.45) is -1.12. The fourth-order valence-corrected chi connectivity index (χ4v) is 9.31. The Kier molecular flexibility index (Phi) is 8.19. The van der Waals surface area contributed by atoms with E-state index in [4.69, 9.17) is 16.6 Å². The molecule has 4 atom stereocenters. The second-order valence-corrected chi connectivity index (χ2v) is 15.5. The van der Waals surface area contributed by atoms with Crippen LogP contribution in [-0.2, 0) is 21.3 Å². The number of likely N-dealkylation sites (tertiary alicyclic amines) is 1. The van der Waals surface area contributed by atoms with Gasteiger partial charge in [-0.1, -0.05) is 43.6 Å². The fourth-order valence-electron chi connectivity index (χ4n) is 7.84. The van der Waals surface area contributed by atoms with E-state index < -0.39 is 35.2 Å². The maximum absolute atomic E-state index is 15.0. The molecule has 4 aliphatic heterocycles. The number of nitrogens with zero attached hydrogens (tertiary/aromatic N) is 4. The molecule has 5 aliphatic rings. The minimum absolute atomic E-state index is 0.0142. The van der Waals surface area contributed by atoms with E-state index in [2.05, 4.69) is 5.32 Å². The molecule has 0 unspecified atom stereocenters. The van der Waals surface area contributed by atoms with Crippen LogP contribution in [-0.4, -0.2) is 68.9 Å². The van der Waals surface area contributed by atoms with Gasteiger partial charge in [-0.15, -0.1) is 0 Å². The first-order chi connectivity index (χ1) is 22.6. The standard InChI is InChI=1S/C35H38ClF4N5O2S/c1-19(2)27-28(31(47)44-20(3)5-12-26(44)30(46)43-16-15-41-34(18-43)13-14-34)48-32-42-33(4,22-7-9-23(10-8-22)35(38,39)40)29(45(27)32)21-6-11-24(36)25(37)17-21/h6-11,17,19-20,26,29,41H,5,12-16,18H2,1-4H3/t20-,26-,29-,33+/m1/s1. The van der Waals surface area contributed by atoms with Gasteiger partial charge in [0.05, 0.1) is 16.6 Å². The van der Waals surface area contributed by atoms with Crippen LogP contribution in [0.15, 0.2) is 58.1 Å². The van der Waals surface area contributed by atoms with E-state index in [1.54, 1.807) is 11.0 Å². The van der Waals surface area contributed by atoms with Crippen molar-refractivity contribution < 1.29 is 27.2 Å². The molecule has 2 amide bonds. The number of aliphatic imine (C=N–C) groups is 1. The average Bonchev–Trinajstić information content (AvgIpc) is 3.36. The molecule has 7 rings (SSSR count). The number of fused-ring (bicyclic) bond motifs is 1. The molecule has 2 aromatic rings. The molecule has 1 N–H and O–H groups in total. The van der Waals surface area contributed by atoms with Gasteiger partial charge < -0.3 is 20.0 Å². The largest absolute Gasteiger partial charge is 0.416 e. The number of halogens is 5. The van der Waals surface area contributed by atoms with Gasteiger partial charge in [0.25, 0.3) is 5.91 Å². The third-order valence-electron chi connectivity index (χ3n) is 10.5. The van der Waals surface area contributed by atoms with Crippen LogP contribution in [0.5, 0.6) is 0 Å². The number of allylic oxidation sites excluding steroid dienone is 1. The van der Waals surface area contributed by atoms with Gasteiger partial charge in [-0.05, 0) is 92.6 Å². The number of hydrogen-bond acceptors (Lipinski definition) is 6. The quantitative estimate of drug-likeness (QED) is 0.337. The molecule has 3 fully saturated rings. The van der Waals surface area contributed by atoms with Crippen molar-refractivity contribution in [1.82, 2.24) is 20.0 Å². The minimum atomic E-state index is -4.51. The molecule has 48 heavy (non-hydrogen) atoms. The number of alkyl halides is 3. The lowest BCUT2D eigenvalue weighted by molar-refractivity contribution is -0.144. The van der Waals surface area contributed by atoms with Gasteiger partial charge in [-0.3, -0.25) is 9.59 Å². The summed E-state index contributed by atoms with van der Waals surface area (Å²) >= 11 is 7.28. The van der Waals surface area contributed by atoms with Crippen LogP contribution in [0.1, 0.15) is 76.1 Å². The van der Waals surface area contributed by atoms with E-state index in [-0.39, 0.29) is 34.3 Å². The van der Waals surface area contributed by atoms with Crippen molar-refractivity contribution in [2.75, 3.05) is 19.6 Å². The number of rotatable bonds is 5. The summed E-state index contributed by atoms with van der Waals surface area (Å²) in [4.78, 5) is 39.7. The van der Waals surface area contributed by atoms with Crippen molar-refractivity contribution in [3.8, 4) is 0 Å². The second-order valence-electron chi connectivity index (χ2n) is 14.2. The summed E-state index contributed by atoms with van der Waals surface area (Å²) in [7, 11) is 0. The smallest absolute Gasteiger partial charge is 0.338 e. The van der Waals surface area contributed by atoms with Crippen molar-refractivity contribution in [3.63, 3.8) is 0 Å². The van der Waals surface area contributed by atoms with Crippen LogP contribution in [0, 0.1) is 11.7 Å². The zero-order valence-corrected chi connectivity index (χ0v) is 28.8. The highest BCUT2D eigenvalue weighted by molar-refractivity contribution is 8.18. The summed E-state index contributed by atoms with van der Waals surface area (Å²) in [5.74, 6) is -1.08. The maximum atomic E-state index is 15.0. The van der Waals surface area contributed by atoms with Gasteiger partial charge in [-0.2, -0.15) is 13.2 Å². The van der Waals surface area contributed by atoms with Crippen LogP contribution in [0.2, 0.25) is 5.02 Å². The minimum Gasteiger partial charge on any atom is -0.338 e. The third-order valence-corrected chi connectivity index (χ3v) is 11.9. The van der Waals surface area contributed by atoms with Gasteiger partial charge in [-0.25, -0.2) is 9.38 Å². The molecular weight excluding hydrogens is 666 g/mol. The number of benzene rings is 2. The monoisotopic (exact) mass is 703 g/mol. The van der Waals surface area contributed by atoms with Crippen LogP contribution < -0.4 is 5.32 Å². The zero-order valence-electron chi connectivity index (χ0n) is 27.2. The van der Waals surface area contributed by atoms with Crippen LogP contribution >= 0.6 is 23.4 Å². The Balaban J connectivity index is 1.27. The lowest BCUT2D eigenvalue weighted by atomic mass is 9.80. The number of piperazine rings is 1. The van der Waals surface area contributed by atoms with Crippen molar-refractivity contribution in [1.29, 1.82) is 0 Å². The molecule has 2 saturated heterocycles. The number of hydrogen-bond donors (Lipinski definition) is 1. The molecule has 1 aliphatic carbocycles. The molecule has 0 bridgehead atoms. The number of amides is 2. The summed E-state index contributed by atoms with van der Waals surface area (Å²) in [5, 5.41) is 3.98. The van der Waals surface area contributed by atoms with E-state index in [0.29, 0.717) is 52.8 Å². The van der Waals surface area contributed by atoms with Crippen LogP contribution in [0.3, 0.4) is 0 Å². The van der Waals surface area contributed by atoms with Crippen LogP contribution in [0.25, 0.3) is 0 Å². The lowest BCUT2D eigenvalue weighted by Crippen LogP contribution is -2.58. The van der Waals surface area contributed by atoms with Gasteiger partial charge in [0.2, 0.25) is 5.91 Å². The highest BCUT2D eigenvalue weighted by Gasteiger charge is 2.55. The normalized spacial score (nSPS) is 28.1. The third kappa shape index (κ3) is 5.51. The van der Waals surface area contributed by atoms with E-state index in [9.17, 15) is 22.8 Å². The molecule has 4 heterocycles. The Morgan fingerprint density at radius 3 is 2.44 bits per heavy atom. The highest BCUT2D eigenvalue weighted by Crippen LogP contribution is 2.57. The molecule has 1 saturated carbocycles. The summed E-state index contributed by atoms with van der Waals surface area (Å²) in [6, 6.07) is 7.93. The summed E-state index contributed by atoms with van der Waals surface area (Å²) in [5.41, 5.74) is -0.192. The summed E-state index contributed by atoms with van der Waals surface area (Å²) < 4.78 is 55.4. The first-order valence-corrected chi connectivity index (χ1v) is 17.6. The topological polar surface area (TPSA) is 68.2 Å². The lowest BCUT2D eigenvalue weighted by Gasteiger charge is -2.38. The Morgan fingerprint density at radius 2 is 1.81 bits per heavy atom. The molecule has 2 aromatic carbocycles. The van der Waals surface area contributed by atoms with Gasteiger partial charge in [0.15, 0.2) is 5.17 Å². The second kappa shape index (κ2) is 11.8. The van der Waals surface area contributed by atoms with Crippen molar-refractivity contribution in [2.45, 2.75) is 88.8 Å². The molecule has 0 aromatic heterocycles. The van der Waals surface area contributed by atoms with Gasteiger partial charge in [0.1, 0.15) is 22.3 Å². The number of thioether (sulfide) groups is 1. The van der Waals surface area contributed by atoms with Gasteiger partial charge >= 0.3 is 6.18 Å². The summed E-state index contributed by atoms with van der Waals surface area (Å²) in [6.45, 7) is 9.71. The predicted molar refractivity (Wildman–Crippen MR) is 178 cm³/mol. The fraction of sp³-hybridized carbons (Fsp3) is 0.514. The maximum Gasteiger partial charge on any atom is 0.416 e. The van der Waals surface area contributed by atoms with E-state index in [1.165, 1.54) is 36.0 Å². The first-order valence-electron chi connectivity index (χ1n) is 16.4. The van der Waals surface area contributed by atoms with Crippen molar-refractivity contribution in [2.24, 2.45) is 10.9 Å². The van der Waals surface area contributed by atoms with Gasteiger partial charge in [0, 0.05) is 36.9 Å². The Labute approximate surface area is 286 Å². The van der Waals surface area contributed by atoms with Crippen LogP contribution in [0.4, 0.5) is 17.6 Å². The number of carbonyl (C=O) groups is 2. The molecule has 13 heteroatoms. The molecule has 256 valence electrons. The van der Waals surface area contributed by atoms with E-state index in [1.807, 2.05) is 37.5 Å². The molecule has 1 spiro atoms. The van der Waals surface area contributed by atoms with Crippen molar-refractivity contribution in [3.05, 3.63) is 80.6 Å². The Hall–Kier alpha value is -3.09. The Bertz CT molecular complexity index is 1730. The van der Waals surface area contributed by atoms with E-state index >= 15 is 4.39 Å². The molecular formula is C35H38ClF4N5O2S. The molecule has 7 nitrogen and oxygen atoms in total. The first kappa shape index (κ1) is 33.4. The number of nitrogens with one attached hydrogen (secondary N) is 1. The highest BCUT2D eigenvalue weighted by atomic mass is 35.5. The molecule has 0 radical (unpaired) electrons.